The zero-order valence-electron chi connectivity index (χ0n) is 10.1. The summed E-state index contributed by atoms with van der Waals surface area (Å²) in [6.07, 6.45) is 0.525. The normalized spacial score (nSPS) is 27.2. The molecular formula is C12H18N2O2S. The predicted molar refractivity (Wildman–Crippen MR) is 68.2 cm³/mol. The van der Waals surface area contributed by atoms with E-state index in [-0.39, 0.29) is 6.04 Å². The minimum Gasteiger partial charge on any atom is -0.480 e. The minimum atomic E-state index is -1.07. The highest BCUT2D eigenvalue weighted by atomic mass is 32.1. The van der Waals surface area contributed by atoms with E-state index in [0.29, 0.717) is 13.0 Å². The largest absolute Gasteiger partial charge is 0.480 e. The zero-order chi connectivity index (χ0) is 12.6. The van der Waals surface area contributed by atoms with Crippen LogP contribution in [-0.4, -0.2) is 34.6 Å². The molecule has 0 bridgehead atoms. The van der Waals surface area contributed by atoms with Crippen molar-refractivity contribution in [1.82, 2.24) is 4.90 Å². The Morgan fingerprint density at radius 2 is 2.41 bits per heavy atom. The van der Waals surface area contributed by atoms with Gasteiger partial charge in [0.25, 0.3) is 0 Å². The number of thiophene rings is 1. The van der Waals surface area contributed by atoms with E-state index in [0.717, 1.165) is 6.54 Å². The Morgan fingerprint density at radius 1 is 1.71 bits per heavy atom. The molecule has 1 saturated heterocycles. The zero-order valence-corrected chi connectivity index (χ0v) is 11.0. The molecule has 0 aliphatic carbocycles. The smallest absolute Gasteiger partial charge is 0.325 e. The van der Waals surface area contributed by atoms with Crippen LogP contribution in [-0.2, 0) is 4.79 Å². The van der Waals surface area contributed by atoms with Crippen molar-refractivity contribution in [1.29, 1.82) is 0 Å². The van der Waals surface area contributed by atoms with Gasteiger partial charge in [-0.2, -0.15) is 0 Å². The van der Waals surface area contributed by atoms with Crippen LogP contribution in [0.4, 0.5) is 0 Å². The molecule has 2 unspecified atom stereocenters. The first kappa shape index (κ1) is 12.5. The number of carbonyl (C=O) groups is 1. The lowest BCUT2D eigenvalue weighted by Crippen LogP contribution is -2.50. The highest BCUT2D eigenvalue weighted by Gasteiger charge is 2.42. The lowest BCUT2D eigenvalue weighted by atomic mass is 10.0. The number of hydrogen-bond donors (Lipinski definition) is 2. The second kappa shape index (κ2) is 4.40. The van der Waals surface area contributed by atoms with Gasteiger partial charge in [0.05, 0.1) is 0 Å². The molecule has 2 heterocycles. The van der Waals surface area contributed by atoms with E-state index < -0.39 is 11.5 Å². The first-order chi connectivity index (χ1) is 7.94. The molecule has 0 radical (unpaired) electrons. The summed E-state index contributed by atoms with van der Waals surface area (Å²) in [7, 11) is 0. The average Bonchev–Trinajstić information content (AvgIpc) is 2.85. The molecule has 4 nitrogen and oxygen atoms in total. The van der Waals surface area contributed by atoms with Crippen LogP contribution in [0.3, 0.4) is 0 Å². The SMILES string of the molecule is Cc1ccsc1C(C)N1CCC(N)(C(=O)O)C1. The van der Waals surface area contributed by atoms with Gasteiger partial charge < -0.3 is 10.8 Å². The molecule has 0 saturated carbocycles. The van der Waals surface area contributed by atoms with Crippen LogP contribution in [0, 0.1) is 6.92 Å². The van der Waals surface area contributed by atoms with Gasteiger partial charge in [-0.3, -0.25) is 9.69 Å². The fourth-order valence-electron chi connectivity index (χ4n) is 2.35. The molecule has 3 N–H and O–H groups in total. The van der Waals surface area contributed by atoms with Crippen molar-refractivity contribution in [3.8, 4) is 0 Å². The van der Waals surface area contributed by atoms with Crippen molar-refractivity contribution in [3.63, 3.8) is 0 Å². The van der Waals surface area contributed by atoms with Crippen LogP contribution in [0.2, 0.25) is 0 Å². The molecule has 2 rings (SSSR count). The number of nitrogens with two attached hydrogens (primary N) is 1. The van der Waals surface area contributed by atoms with Crippen LogP contribution in [0.5, 0.6) is 0 Å². The maximum atomic E-state index is 11.1. The Kier molecular flexibility index (Phi) is 3.25. The monoisotopic (exact) mass is 254 g/mol. The molecular weight excluding hydrogens is 236 g/mol. The maximum absolute atomic E-state index is 11.1. The molecule has 5 heteroatoms. The first-order valence-electron chi connectivity index (χ1n) is 5.74. The molecule has 2 atom stereocenters. The number of likely N-dealkylation sites (tertiary alicyclic amines) is 1. The summed E-state index contributed by atoms with van der Waals surface area (Å²) in [5.74, 6) is -0.893. The summed E-state index contributed by atoms with van der Waals surface area (Å²) in [4.78, 5) is 14.6. The lowest BCUT2D eigenvalue weighted by molar-refractivity contribution is -0.142. The molecule has 0 spiro atoms. The van der Waals surface area contributed by atoms with Gasteiger partial charge in [-0.15, -0.1) is 11.3 Å². The number of rotatable bonds is 3. The molecule has 1 fully saturated rings. The summed E-state index contributed by atoms with van der Waals surface area (Å²) in [6.45, 7) is 5.39. The molecule has 1 aliphatic heterocycles. The van der Waals surface area contributed by atoms with Crippen molar-refractivity contribution in [3.05, 3.63) is 21.9 Å². The Bertz CT molecular complexity index is 432. The quantitative estimate of drug-likeness (QED) is 0.860. The summed E-state index contributed by atoms with van der Waals surface area (Å²) < 4.78 is 0. The molecule has 17 heavy (non-hydrogen) atoms. The summed E-state index contributed by atoms with van der Waals surface area (Å²) in [6, 6.07) is 2.35. The molecule has 0 aromatic carbocycles. The third kappa shape index (κ3) is 2.22. The van der Waals surface area contributed by atoms with Crippen molar-refractivity contribution in [2.24, 2.45) is 5.73 Å². The van der Waals surface area contributed by atoms with Gasteiger partial charge in [-0.1, -0.05) is 0 Å². The Hall–Kier alpha value is -0.910. The van der Waals surface area contributed by atoms with Gasteiger partial charge in [-0.25, -0.2) is 0 Å². The summed E-state index contributed by atoms with van der Waals surface area (Å²) in [5, 5.41) is 11.2. The van der Waals surface area contributed by atoms with E-state index in [1.807, 2.05) is 0 Å². The fourth-order valence-corrected chi connectivity index (χ4v) is 3.37. The van der Waals surface area contributed by atoms with E-state index >= 15 is 0 Å². The second-order valence-corrected chi connectivity index (χ2v) is 5.77. The number of hydrogen-bond acceptors (Lipinski definition) is 4. The number of aryl methyl sites for hydroxylation is 1. The van der Waals surface area contributed by atoms with E-state index in [1.165, 1.54) is 10.4 Å². The van der Waals surface area contributed by atoms with Gasteiger partial charge in [-0.05, 0) is 37.3 Å². The van der Waals surface area contributed by atoms with Crippen molar-refractivity contribution in [2.45, 2.75) is 31.8 Å². The van der Waals surface area contributed by atoms with Crippen molar-refractivity contribution in [2.75, 3.05) is 13.1 Å². The number of nitrogens with zero attached hydrogens (tertiary/aromatic N) is 1. The molecule has 0 amide bonds. The number of carboxylic acid groups (broad SMARTS) is 1. The lowest BCUT2D eigenvalue weighted by Gasteiger charge is -2.25. The predicted octanol–water partition coefficient (Wildman–Crippen LogP) is 1.61. The Balaban J connectivity index is 2.12. The summed E-state index contributed by atoms with van der Waals surface area (Å²) >= 11 is 1.72. The Morgan fingerprint density at radius 3 is 2.88 bits per heavy atom. The minimum absolute atomic E-state index is 0.250. The van der Waals surface area contributed by atoms with Gasteiger partial charge in [0, 0.05) is 24.0 Å². The van der Waals surface area contributed by atoms with Crippen LogP contribution in [0.15, 0.2) is 11.4 Å². The summed E-state index contributed by atoms with van der Waals surface area (Å²) in [5.41, 5.74) is 6.08. The molecule has 1 aromatic heterocycles. The average molecular weight is 254 g/mol. The van der Waals surface area contributed by atoms with Crippen LogP contribution in [0.25, 0.3) is 0 Å². The highest BCUT2D eigenvalue weighted by Crippen LogP contribution is 2.32. The van der Waals surface area contributed by atoms with E-state index in [4.69, 9.17) is 10.8 Å². The topological polar surface area (TPSA) is 66.6 Å². The molecule has 1 aliphatic rings. The van der Waals surface area contributed by atoms with Crippen molar-refractivity contribution < 1.29 is 9.90 Å². The van der Waals surface area contributed by atoms with E-state index in [9.17, 15) is 4.79 Å². The van der Waals surface area contributed by atoms with Gasteiger partial charge >= 0.3 is 5.97 Å². The number of aliphatic carboxylic acids is 1. The van der Waals surface area contributed by atoms with Crippen LogP contribution < -0.4 is 5.73 Å². The highest BCUT2D eigenvalue weighted by molar-refractivity contribution is 7.10. The van der Waals surface area contributed by atoms with E-state index in [2.05, 4.69) is 30.2 Å². The number of carboxylic acids is 1. The first-order valence-corrected chi connectivity index (χ1v) is 6.62. The third-order valence-corrected chi connectivity index (χ3v) is 4.77. The van der Waals surface area contributed by atoms with Crippen LogP contribution >= 0.6 is 11.3 Å². The van der Waals surface area contributed by atoms with Crippen LogP contribution in [0.1, 0.15) is 29.8 Å². The standard InChI is InChI=1S/C12H18N2O2S/c1-8-3-6-17-10(8)9(2)14-5-4-12(13,7-14)11(15)16/h3,6,9H,4-5,7,13H2,1-2H3,(H,15,16). The maximum Gasteiger partial charge on any atom is 0.325 e. The molecule has 94 valence electrons. The van der Waals surface area contributed by atoms with Gasteiger partial charge in [0.15, 0.2) is 0 Å². The Labute approximate surface area is 105 Å². The van der Waals surface area contributed by atoms with E-state index in [1.54, 1.807) is 11.3 Å². The van der Waals surface area contributed by atoms with Gasteiger partial charge in [0.2, 0.25) is 0 Å². The second-order valence-electron chi connectivity index (χ2n) is 4.83. The van der Waals surface area contributed by atoms with Gasteiger partial charge in [0.1, 0.15) is 5.54 Å². The fraction of sp³-hybridized carbons (Fsp3) is 0.583. The van der Waals surface area contributed by atoms with Crippen molar-refractivity contribution >= 4 is 17.3 Å². The third-order valence-electron chi connectivity index (χ3n) is 3.59. The molecule has 1 aromatic rings.